The van der Waals surface area contributed by atoms with Crippen molar-refractivity contribution in [1.82, 2.24) is 9.80 Å². The van der Waals surface area contributed by atoms with Gasteiger partial charge in [-0.05, 0) is 89.9 Å². The van der Waals surface area contributed by atoms with Crippen LogP contribution >= 0.6 is 0 Å². The topological polar surface area (TPSA) is 155 Å². The van der Waals surface area contributed by atoms with Crippen molar-refractivity contribution in [3.8, 4) is 0 Å². The molecule has 0 heterocycles. The number of amides is 2. The molecule has 0 aromatic rings. The van der Waals surface area contributed by atoms with Crippen LogP contribution in [0.3, 0.4) is 0 Å². The maximum absolute atomic E-state index is 12.1. The first-order valence-corrected chi connectivity index (χ1v) is 30.5. The normalized spacial score (nSPS) is 11.8. The molecule has 0 unspecified atom stereocenters. The Bertz CT molecular complexity index is 1260. The van der Waals surface area contributed by atoms with Gasteiger partial charge < -0.3 is 18.9 Å². The maximum Gasteiger partial charge on any atom is 2.00 e. The molecule has 392 valence electrons. The van der Waals surface area contributed by atoms with E-state index in [1.54, 1.807) is 23.9 Å². The van der Waals surface area contributed by atoms with Gasteiger partial charge in [-0.1, -0.05) is 192 Å². The average Bonchev–Trinajstić information content (AvgIpc) is 3.27. The quantitative estimate of drug-likeness (QED) is 0.0252. The van der Waals surface area contributed by atoms with E-state index in [0.717, 1.165) is 25.7 Å². The summed E-state index contributed by atoms with van der Waals surface area (Å²) in [5, 5.41) is 0. The van der Waals surface area contributed by atoms with Crippen LogP contribution in [0.1, 0.15) is 271 Å². The largest absolute Gasteiger partial charge is 2.00 e. The van der Waals surface area contributed by atoms with Crippen LogP contribution in [0.5, 0.6) is 0 Å². The van der Waals surface area contributed by atoms with Crippen molar-refractivity contribution in [3.63, 3.8) is 0 Å². The summed E-state index contributed by atoms with van der Waals surface area (Å²) in [6.45, 7) is 5.57. The third kappa shape index (κ3) is 61.6. The van der Waals surface area contributed by atoms with Gasteiger partial charge in [0.25, 0.3) is 0 Å². The SMILES string of the molecule is CCCCCCCCCC/C=C/CCCCCCCCCC(=O)N(C)CCCCS(=O)(=O)[O-].CCCCCCCCCC/C=C/CCCCCCCCCC(=O)N(C)CCCCS(=O)(=O)[O-].[Ca+2]. The van der Waals surface area contributed by atoms with E-state index in [4.69, 9.17) is 0 Å². The summed E-state index contributed by atoms with van der Waals surface area (Å²) in [4.78, 5) is 27.4. The Kier molecular flexibility index (Phi) is 56.3. The monoisotopic (exact) mass is 1010 g/mol. The predicted molar refractivity (Wildman–Crippen MR) is 284 cm³/mol. The van der Waals surface area contributed by atoms with Crippen molar-refractivity contribution in [2.24, 2.45) is 0 Å². The van der Waals surface area contributed by atoms with Crippen molar-refractivity contribution < 1.29 is 35.5 Å². The van der Waals surface area contributed by atoms with Gasteiger partial charge in [0.15, 0.2) is 0 Å². The summed E-state index contributed by atoms with van der Waals surface area (Å²) in [7, 11) is -4.78. The number of allylic oxidation sites excluding steroid dienone is 4. The fraction of sp³-hybridized carbons (Fsp3) is 0.889. The molecule has 0 fully saturated rings. The minimum Gasteiger partial charge on any atom is -0.748 e. The zero-order chi connectivity index (χ0) is 49.3. The third-order valence-corrected chi connectivity index (χ3v) is 14.0. The van der Waals surface area contributed by atoms with Crippen LogP contribution in [-0.2, 0) is 29.8 Å². The minimum atomic E-state index is -4.14. The molecule has 0 aliphatic rings. The van der Waals surface area contributed by atoms with E-state index < -0.39 is 20.2 Å². The van der Waals surface area contributed by atoms with Crippen LogP contribution in [-0.4, -0.2) is 124 Å². The van der Waals surface area contributed by atoms with Gasteiger partial charge in [0, 0.05) is 51.5 Å². The van der Waals surface area contributed by atoms with Crippen LogP contribution in [0.25, 0.3) is 0 Å². The zero-order valence-corrected chi connectivity index (χ0v) is 47.9. The summed E-state index contributed by atoms with van der Waals surface area (Å²) in [6, 6.07) is 0. The van der Waals surface area contributed by atoms with E-state index in [1.165, 1.54) is 193 Å². The summed E-state index contributed by atoms with van der Waals surface area (Å²) < 4.78 is 63.4. The molecule has 10 nitrogen and oxygen atoms in total. The molecule has 0 atom stereocenters. The fourth-order valence-corrected chi connectivity index (χ4v) is 9.11. The third-order valence-electron chi connectivity index (χ3n) is 12.4. The molecule has 0 saturated heterocycles. The number of unbranched alkanes of at least 4 members (excludes halogenated alkanes) is 32. The Morgan fingerprint density at radius 2 is 0.582 bits per heavy atom. The molecule has 2 amide bonds. The number of nitrogens with zero attached hydrogens (tertiary/aromatic N) is 2. The van der Waals surface area contributed by atoms with Gasteiger partial charge in [-0.2, -0.15) is 0 Å². The van der Waals surface area contributed by atoms with Crippen LogP contribution in [0.2, 0.25) is 0 Å². The summed E-state index contributed by atoms with van der Waals surface area (Å²) in [6.07, 6.45) is 56.0. The van der Waals surface area contributed by atoms with E-state index in [9.17, 15) is 35.5 Å². The van der Waals surface area contributed by atoms with Gasteiger partial charge in [0.05, 0.1) is 20.2 Å². The molecule has 0 N–H and O–H groups in total. The van der Waals surface area contributed by atoms with E-state index in [-0.39, 0.29) is 61.1 Å². The Labute approximate surface area is 445 Å². The van der Waals surface area contributed by atoms with Crippen LogP contribution in [0.15, 0.2) is 24.3 Å². The van der Waals surface area contributed by atoms with Gasteiger partial charge in [0.2, 0.25) is 11.8 Å². The van der Waals surface area contributed by atoms with E-state index in [2.05, 4.69) is 38.2 Å². The number of carbonyl (C=O) groups is 2. The summed E-state index contributed by atoms with van der Waals surface area (Å²) in [5.74, 6) is -0.465. The molecule has 0 aliphatic carbocycles. The second kappa shape index (κ2) is 53.3. The first-order valence-electron chi connectivity index (χ1n) is 27.4. The van der Waals surface area contributed by atoms with Crippen molar-refractivity contribution >= 4 is 69.8 Å². The Morgan fingerprint density at radius 3 is 0.821 bits per heavy atom. The van der Waals surface area contributed by atoms with Crippen molar-refractivity contribution in [2.75, 3.05) is 38.7 Å². The van der Waals surface area contributed by atoms with Gasteiger partial charge >= 0.3 is 37.7 Å². The molecule has 0 saturated carbocycles. The maximum atomic E-state index is 12.1. The zero-order valence-electron chi connectivity index (χ0n) is 44.1. The van der Waals surface area contributed by atoms with Crippen molar-refractivity contribution in [1.29, 1.82) is 0 Å². The molecule has 0 aliphatic heterocycles. The molecule has 0 aromatic carbocycles. The predicted octanol–water partition coefficient (Wildman–Crippen LogP) is 14.4. The molecular weight excluding hydrogens is 909 g/mol. The second-order valence-corrected chi connectivity index (χ2v) is 22.1. The summed E-state index contributed by atoms with van der Waals surface area (Å²) >= 11 is 0. The number of hydrogen-bond donors (Lipinski definition) is 0. The van der Waals surface area contributed by atoms with Crippen LogP contribution in [0.4, 0.5) is 0 Å². The molecule has 0 aromatic heterocycles. The van der Waals surface area contributed by atoms with Crippen LogP contribution < -0.4 is 0 Å². The number of rotatable bonds is 48. The first kappa shape index (κ1) is 70.8. The van der Waals surface area contributed by atoms with Crippen molar-refractivity contribution in [3.05, 3.63) is 24.3 Å². The first-order chi connectivity index (χ1) is 31.7. The Balaban J connectivity index is -0.00000120. The molecule has 0 radical (unpaired) electrons. The Morgan fingerprint density at radius 1 is 0.358 bits per heavy atom. The molecule has 0 spiro atoms. The molecule has 0 rings (SSSR count). The van der Waals surface area contributed by atoms with Gasteiger partial charge in [0.1, 0.15) is 0 Å². The molecule has 67 heavy (non-hydrogen) atoms. The summed E-state index contributed by atoms with van der Waals surface area (Å²) in [5.41, 5.74) is 0. The van der Waals surface area contributed by atoms with E-state index >= 15 is 0 Å². The smallest absolute Gasteiger partial charge is 0.748 e. The van der Waals surface area contributed by atoms with Gasteiger partial charge in [-0.15, -0.1) is 0 Å². The molecule has 13 heteroatoms. The molecule has 0 bridgehead atoms. The van der Waals surface area contributed by atoms with Gasteiger partial charge in [-0.3, -0.25) is 9.59 Å². The number of hydrogen-bond acceptors (Lipinski definition) is 8. The standard InChI is InChI=1S/2C27H53NO4S.Ca/c2*1-3-4-5-6-7-8-9-10-11-12-13-14-15-16-17-18-19-20-21-24-27(29)28(2)25-22-23-26-33(30,31)32;/h2*12-13H,3-11,14-26H2,1-2H3,(H,30,31,32);/q;;+2/p-2/b2*13-12+;. The second-order valence-electron chi connectivity index (χ2n) is 19.1. The van der Waals surface area contributed by atoms with E-state index in [1.807, 2.05) is 0 Å². The van der Waals surface area contributed by atoms with E-state index in [0.29, 0.717) is 51.6 Å². The van der Waals surface area contributed by atoms with Gasteiger partial charge in [-0.25, -0.2) is 16.8 Å². The Hall–Kier alpha value is -0.500. The fourth-order valence-electron chi connectivity index (χ4n) is 7.99. The van der Waals surface area contributed by atoms with Crippen molar-refractivity contribution in [2.45, 2.75) is 271 Å². The minimum absolute atomic E-state index is 0. The molecular formula is C54H104CaN2O8S2. The van der Waals surface area contributed by atoms with Crippen LogP contribution in [0, 0.1) is 0 Å². The average molecular weight is 1010 g/mol. The number of carbonyl (C=O) groups excluding carboxylic acids is 2.